The number of nitrogens with zero attached hydrogens (tertiary/aromatic N) is 6. The molecule has 8 heteroatoms. The van der Waals surface area contributed by atoms with Crippen molar-refractivity contribution in [3.63, 3.8) is 0 Å². The number of aromatic amines is 1. The zero-order valence-corrected chi connectivity index (χ0v) is 14.5. The first-order valence-electron chi connectivity index (χ1n) is 8.64. The molecule has 0 aromatic carbocycles. The lowest BCUT2D eigenvalue weighted by atomic mass is 10.0. The summed E-state index contributed by atoms with van der Waals surface area (Å²) in [6, 6.07) is 4.10. The van der Waals surface area contributed by atoms with Crippen molar-refractivity contribution in [2.45, 2.75) is 25.3 Å². The van der Waals surface area contributed by atoms with Crippen molar-refractivity contribution in [2.24, 2.45) is 0 Å². The van der Waals surface area contributed by atoms with Crippen molar-refractivity contribution in [1.29, 1.82) is 5.26 Å². The van der Waals surface area contributed by atoms with E-state index in [0.29, 0.717) is 0 Å². The molecule has 0 bridgehead atoms. The third-order valence-electron chi connectivity index (χ3n) is 5.12. The molecule has 0 aliphatic carbocycles. The molecule has 1 aliphatic rings. The van der Waals surface area contributed by atoms with Crippen LogP contribution in [0.2, 0.25) is 0 Å². The third kappa shape index (κ3) is 2.71. The predicted octanol–water partition coefficient (Wildman–Crippen LogP) is 1.85. The molecule has 1 fully saturated rings. The highest BCUT2D eigenvalue weighted by Gasteiger charge is 2.27. The summed E-state index contributed by atoms with van der Waals surface area (Å²) in [5, 5.41) is 20.3. The van der Waals surface area contributed by atoms with Crippen LogP contribution >= 0.6 is 0 Å². The van der Waals surface area contributed by atoms with Gasteiger partial charge in [0, 0.05) is 54.7 Å². The largest absolute Gasteiger partial charge is 0.354 e. The van der Waals surface area contributed by atoms with Gasteiger partial charge in [0.15, 0.2) is 5.82 Å². The van der Waals surface area contributed by atoms with Crippen molar-refractivity contribution < 1.29 is 4.79 Å². The number of carbonyl (C=O) groups excluding carboxylic acids is 1. The summed E-state index contributed by atoms with van der Waals surface area (Å²) in [5.41, 5.74) is 0.837. The second-order valence-electron chi connectivity index (χ2n) is 6.55. The molecule has 0 atom stereocenters. The molecule has 3 aromatic heterocycles. The molecule has 1 amide bonds. The number of aromatic nitrogens is 4. The Morgan fingerprint density at radius 3 is 3.00 bits per heavy atom. The fourth-order valence-electron chi connectivity index (χ4n) is 3.65. The van der Waals surface area contributed by atoms with Crippen molar-refractivity contribution >= 4 is 33.5 Å². The van der Waals surface area contributed by atoms with Crippen LogP contribution in [-0.4, -0.2) is 57.2 Å². The van der Waals surface area contributed by atoms with Gasteiger partial charge in [0.05, 0.1) is 12.3 Å². The van der Waals surface area contributed by atoms with Crippen LogP contribution in [0.5, 0.6) is 0 Å². The third-order valence-corrected chi connectivity index (χ3v) is 5.12. The summed E-state index contributed by atoms with van der Waals surface area (Å²) in [7, 11) is 1.78. The van der Waals surface area contributed by atoms with E-state index in [1.807, 2.05) is 24.5 Å². The Morgan fingerprint density at radius 1 is 1.42 bits per heavy atom. The van der Waals surface area contributed by atoms with Gasteiger partial charge in [-0.15, -0.1) is 5.10 Å². The number of nitriles is 1. The molecule has 4 rings (SSSR count). The minimum absolute atomic E-state index is 0.0655. The summed E-state index contributed by atoms with van der Waals surface area (Å²) in [6.45, 7) is 1.58. The topological polar surface area (TPSA) is 102 Å². The molecular weight excluding hydrogens is 330 g/mol. The van der Waals surface area contributed by atoms with Crippen molar-refractivity contribution in [2.75, 3.05) is 25.0 Å². The summed E-state index contributed by atoms with van der Waals surface area (Å²) in [5.74, 6) is 0.745. The first kappa shape index (κ1) is 16.3. The van der Waals surface area contributed by atoms with E-state index >= 15 is 0 Å². The molecule has 8 nitrogen and oxygen atoms in total. The van der Waals surface area contributed by atoms with Gasteiger partial charge in [0.2, 0.25) is 5.91 Å². The summed E-state index contributed by atoms with van der Waals surface area (Å²) in [4.78, 5) is 23.4. The monoisotopic (exact) mass is 349 g/mol. The second-order valence-corrected chi connectivity index (χ2v) is 6.55. The van der Waals surface area contributed by atoms with Gasteiger partial charge in [-0.25, -0.2) is 4.98 Å². The molecule has 3 aromatic rings. The fraction of sp³-hybridized carbons (Fsp3) is 0.389. The average Bonchev–Trinajstić information content (AvgIpc) is 3.16. The van der Waals surface area contributed by atoms with Gasteiger partial charge in [0.25, 0.3) is 0 Å². The predicted molar refractivity (Wildman–Crippen MR) is 97.4 cm³/mol. The average molecular weight is 349 g/mol. The molecule has 0 radical (unpaired) electrons. The van der Waals surface area contributed by atoms with Crippen LogP contribution in [0.4, 0.5) is 5.82 Å². The van der Waals surface area contributed by atoms with Gasteiger partial charge in [-0.2, -0.15) is 10.4 Å². The maximum Gasteiger partial charge on any atom is 0.236 e. The van der Waals surface area contributed by atoms with Gasteiger partial charge >= 0.3 is 0 Å². The summed E-state index contributed by atoms with van der Waals surface area (Å²) < 4.78 is 0. The van der Waals surface area contributed by atoms with Crippen LogP contribution in [0.1, 0.15) is 19.3 Å². The number of H-pyrrole nitrogens is 1. The highest BCUT2D eigenvalue weighted by atomic mass is 16.2. The van der Waals surface area contributed by atoms with E-state index in [9.17, 15) is 4.79 Å². The molecule has 1 aliphatic heterocycles. The van der Waals surface area contributed by atoms with E-state index in [-0.39, 0.29) is 18.4 Å². The number of hydrogen-bond acceptors (Lipinski definition) is 6. The van der Waals surface area contributed by atoms with Crippen molar-refractivity contribution in [3.8, 4) is 6.07 Å². The number of pyridine rings is 1. The summed E-state index contributed by atoms with van der Waals surface area (Å²) in [6.07, 6.45) is 7.04. The normalized spacial score (nSPS) is 15.3. The highest BCUT2D eigenvalue weighted by molar-refractivity contribution is 6.09. The Hall–Kier alpha value is -3.21. The van der Waals surface area contributed by atoms with Crippen LogP contribution in [0.3, 0.4) is 0 Å². The maximum atomic E-state index is 11.9. The lowest BCUT2D eigenvalue weighted by molar-refractivity contribution is -0.131. The second kappa shape index (κ2) is 6.59. The molecule has 1 N–H and O–H groups in total. The van der Waals surface area contributed by atoms with Crippen LogP contribution in [0, 0.1) is 11.3 Å². The molecule has 0 unspecified atom stereocenters. The maximum absolute atomic E-state index is 11.9. The van der Waals surface area contributed by atoms with Crippen LogP contribution in [-0.2, 0) is 4.79 Å². The number of hydrogen-bond donors (Lipinski definition) is 1. The molecule has 0 spiro atoms. The number of rotatable bonds is 3. The van der Waals surface area contributed by atoms with Crippen LogP contribution in [0.15, 0.2) is 24.7 Å². The van der Waals surface area contributed by atoms with Gasteiger partial charge in [0.1, 0.15) is 12.1 Å². The van der Waals surface area contributed by atoms with Gasteiger partial charge in [-0.3, -0.25) is 4.79 Å². The fourth-order valence-corrected chi connectivity index (χ4v) is 3.65. The van der Waals surface area contributed by atoms with E-state index < -0.39 is 0 Å². The molecule has 0 saturated carbocycles. The van der Waals surface area contributed by atoms with E-state index in [4.69, 9.17) is 5.26 Å². The number of nitrogens with one attached hydrogen (secondary N) is 1. The molecule has 26 heavy (non-hydrogen) atoms. The minimum atomic E-state index is -0.115. The SMILES string of the molecule is CN(C(=O)CC#N)C1CCN(c2nncc3cnc4[nH]ccc4c23)CC1. The Bertz CT molecular complexity index is 998. The lowest BCUT2D eigenvalue weighted by Gasteiger charge is -2.37. The van der Waals surface area contributed by atoms with E-state index in [1.165, 1.54) is 0 Å². The molecule has 132 valence electrons. The van der Waals surface area contributed by atoms with Crippen molar-refractivity contribution in [1.82, 2.24) is 25.1 Å². The number of anilines is 1. The number of amides is 1. The van der Waals surface area contributed by atoms with Crippen LogP contribution < -0.4 is 4.90 Å². The lowest BCUT2D eigenvalue weighted by Crippen LogP contribution is -2.45. The zero-order chi connectivity index (χ0) is 18.1. The Labute approximate surface area is 150 Å². The Balaban J connectivity index is 1.60. The Morgan fingerprint density at radius 2 is 2.23 bits per heavy atom. The highest BCUT2D eigenvalue weighted by Crippen LogP contribution is 2.31. The summed E-state index contributed by atoms with van der Waals surface area (Å²) >= 11 is 0. The van der Waals surface area contributed by atoms with E-state index in [2.05, 4.69) is 25.1 Å². The van der Waals surface area contributed by atoms with Crippen LogP contribution in [0.25, 0.3) is 21.8 Å². The minimum Gasteiger partial charge on any atom is -0.354 e. The standard InChI is InChI=1S/C18H19N7O/c1-24(15(26)2-6-19)13-4-8-25(9-5-13)18-16-12(11-22-23-18)10-21-17-14(16)3-7-20-17/h3,7,10-11,13H,2,4-5,8-9H2,1H3,(H,20,21). The van der Waals surface area contributed by atoms with E-state index in [0.717, 1.165) is 53.6 Å². The van der Waals surface area contributed by atoms with E-state index in [1.54, 1.807) is 18.1 Å². The van der Waals surface area contributed by atoms with Crippen molar-refractivity contribution in [3.05, 3.63) is 24.7 Å². The molecular formula is C18H19N7O. The quantitative estimate of drug-likeness (QED) is 0.774. The first-order valence-corrected chi connectivity index (χ1v) is 8.64. The Kier molecular flexibility index (Phi) is 4.13. The van der Waals surface area contributed by atoms with Gasteiger partial charge in [-0.05, 0) is 18.9 Å². The number of fused-ring (bicyclic) bond motifs is 3. The number of carbonyl (C=O) groups is 1. The zero-order valence-electron chi connectivity index (χ0n) is 14.5. The van der Waals surface area contributed by atoms with Gasteiger partial charge < -0.3 is 14.8 Å². The number of piperidine rings is 1. The smallest absolute Gasteiger partial charge is 0.236 e. The molecule has 1 saturated heterocycles. The van der Waals surface area contributed by atoms with Gasteiger partial charge in [-0.1, -0.05) is 0 Å². The first-order chi connectivity index (χ1) is 12.7. The molecule has 4 heterocycles.